The van der Waals surface area contributed by atoms with Gasteiger partial charge < -0.3 is 19.7 Å². The molecule has 0 saturated carbocycles. The predicted molar refractivity (Wildman–Crippen MR) is 78.1 cm³/mol. The van der Waals surface area contributed by atoms with E-state index >= 15 is 0 Å². The second-order valence-corrected chi connectivity index (χ2v) is 5.02. The molecule has 21 heavy (non-hydrogen) atoms. The molecule has 1 atom stereocenters. The average molecular weight is 291 g/mol. The van der Waals surface area contributed by atoms with Gasteiger partial charge in [0.1, 0.15) is 5.75 Å². The zero-order valence-electron chi connectivity index (χ0n) is 12.6. The Balaban J connectivity index is 2.03. The van der Waals surface area contributed by atoms with Gasteiger partial charge in [-0.2, -0.15) is 4.98 Å². The van der Waals surface area contributed by atoms with Gasteiger partial charge in [-0.3, -0.25) is 0 Å². The Labute approximate surface area is 124 Å². The van der Waals surface area contributed by atoms with Crippen LogP contribution in [0, 0.1) is 0 Å². The third kappa shape index (κ3) is 4.27. The number of nitrogens with zero attached hydrogens (tertiary/aromatic N) is 2. The molecular formula is C15H21N3O3. The van der Waals surface area contributed by atoms with Gasteiger partial charge in [0, 0.05) is 5.56 Å². The molecule has 0 saturated heterocycles. The van der Waals surface area contributed by atoms with Crippen molar-refractivity contribution < 1.29 is 14.0 Å². The van der Waals surface area contributed by atoms with Gasteiger partial charge in [-0.05, 0) is 19.9 Å². The van der Waals surface area contributed by atoms with Crippen LogP contribution in [0.3, 0.4) is 0 Å². The number of methoxy groups -OCH3 is 1. The van der Waals surface area contributed by atoms with Gasteiger partial charge in [0.2, 0.25) is 5.89 Å². The maximum Gasteiger partial charge on any atom is 0.231 e. The Hall–Kier alpha value is -1.92. The number of para-hydroxylation sites is 1. The maximum atomic E-state index is 5.97. The molecule has 6 nitrogen and oxygen atoms in total. The lowest BCUT2D eigenvalue weighted by Crippen LogP contribution is -2.20. The van der Waals surface area contributed by atoms with E-state index in [0.717, 1.165) is 11.3 Å². The highest BCUT2D eigenvalue weighted by atomic mass is 16.5. The molecule has 0 aliphatic carbocycles. The summed E-state index contributed by atoms with van der Waals surface area (Å²) in [6.07, 6.45) is 0.630. The summed E-state index contributed by atoms with van der Waals surface area (Å²) in [5.41, 5.74) is 6.96. The highest BCUT2D eigenvalue weighted by Crippen LogP contribution is 2.20. The summed E-state index contributed by atoms with van der Waals surface area (Å²) < 4.78 is 16.0. The first-order chi connectivity index (χ1) is 10.1. The molecule has 0 amide bonds. The monoisotopic (exact) mass is 291 g/mol. The lowest BCUT2D eigenvalue weighted by Gasteiger charge is -2.10. The second-order valence-electron chi connectivity index (χ2n) is 5.02. The van der Waals surface area contributed by atoms with E-state index in [9.17, 15) is 0 Å². The van der Waals surface area contributed by atoms with Crippen LogP contribution < -0.4 is 10.5 Å². The Morgan fingerprint density at radius 3 is 2.76 bits per heavy atom. The Kier molecular flexibility index (Phi) is 5.30. The predicted octanol–water partition coefficient (Wildman–Crippen LogP) is 2.09. The largest absolute Gasteiger partial charge is 0.496 e. The smallest absolute Gasteiger partial charge is 0.231 e. The third-order valence-electron chi connectivity index (χ3n) is 2.96. The minimum Gasteiger partial charge on any atom is -0.496 e. The first kappa shape index (κ1) is 15.5. The van der Waals surface area contributed by atoms with Crippen LogP contribution in [0.25, 0.3) is 0 Å². The van der Waals surface area contributed by atoms with E-state index in [1.807, 2.05) is 38.1 Å². The highest BCUT2D eigenvalue weighted by molar-refractivity contribution is 5.34. The summed E-state index contributed by atoms with van der Waals surface area (Å²) in [6.45, 7) is 4.28. The lowest BCUT2D eigenvalue weighted by molar-refractivity contribution is 0.0665. The Bertz CT molecular complexity index is 569. The molecule has 2 rings (SSSR count). The average Bonchev–Trinajstić information content (AvgIpc) is 2.94. The normalized spacial score (nSPS) is 12.6. The van der Waals surface area contributed by atoms with E-state index in [1.165, 1.54) is 0 Å². The van der Waals surface area contributed by atoms with E-state index in [-0.39, 0.29) is 12.1 Å². The molecule has 2 aromatic rings. The number of aromatic nitrogens is 2. The molecule has 0 fully saturated rings. The van der Waals surface area contributed by atoms with Gasteiger partial charge in [0.05, 0.1) is 32.3 Å². The highest BCUT2D eigenvalue weighted by Gasteiger charge is 2.16. The number of hydrogen-bond acceptors (Lipinski definition) is 6. The van der Waals surface area contributed by atoms with Crippen LogP contribution in [0.1, 0.15) is 37.2 Å². The summed E-state index contributed by atoms with van der Waals surface area (Å²) in [6, 6.07) is 7.33. The van der Waals surface area contributed by atoms with Crippen molar-refractivity contribution in [1.82, 2.24) is 10.1 Å². The lowest BCUT2D eigenvalue weighted by atomic mass is 10.1. The van der Waals surface area contributed by atoms with Crippen molar-refractivity contribution in [3.8, 4) is 5.75 Å². The van der Waals surface area contributed by atoms with Crippen LogP contribution in [0.4, 0.5) is 0 Å². The molecule has 0 spiro atoms. The van der Waals surface area contributed by atoms with Gasteiger partial charge in [0.15, 0.2) is 5.82 Å². The van der Waals surface area contributed by atoms with Crippen molar-refractivity contribution in [2.45, 2.75) is 32.4 Å². The number of nitrogens with two attached hydrogens (primary N) is 1. The number of rotatable bonds is 7. The van der Waals surface area contributed by atoms with Gasteiger partial charge >= 0.3 is 0 Å². The molecule has 1 aromatic carbocycles. The first-order valence-electron chi connectivity index (χ1n) is 6.91. The van der Waals surface area contributed by atoms with E-state index in [1.54, 1.807) is 7.11 Å². The minimum absolute atomic E-state index is 0.121. The fraction of sp³-hybridized carbons (Fsp3) is 0.467. The van der Waals surface area contributed by atoms with E-state index in [0.29, 0.717) is 24.7 Å². The molecule has 6 heteroatoms. The molecule has 0 aliphatic heterocycles. The van der Waals surface area contributed by atoms with Crippen LogP contribution in [-0.2, 0) is 11.2 Å². The first-order valence-corrected chi connectivity index (χ1v) is 6.91. The van der Waals surface area contributed by atoms with Crippen LogP contribution in [0.2, 0.25) is 0 Å². The molecule has 1 heterocycles. The maximum absolute atomic E-state index is 5.97. The number of benzene rings is 1. The van der Waals surface area contributed by atoms with Crippen LogP contribution in [0.15, 0.2) is 28.8 Å². The van der Waals surface area contributed by atoms with Gasteiger partial charge in [-0.1, -0.05) is 23.4 Å². The van der Waals surface area contributed by atoms with Crippen LogP contribution >= 0.6 is 0 Å². The molecule has 0 bridgehead atoms. The minimum atomic E-state index is -0.387. The van der Waals surface area contributed by atoms with E-state index in [4.69, 9.17) is 19.7 Å². The van der Waals surface area contributed by atoms with Gasteiger partial charge in [0.25, 0.3) is 0 Å². The summed E-state index contributed by atoms with van der Waals surface area (Å²) in [5.74, 6) is 1.76. The molecule has 0 radical (unpaired) electrons. The molecule has 1 unspecified atom stereocenters. The summed E-state index contributed by atoms with van der Waals surface area (Å²) in [7, 11) is 1.64. The Morgan fingerprint density at radius 1 is 1.29 bits per heavy atom. The molecule has 1 aromatic heterocycles. The fourth-order valence-electron chi connectivity index (χ4n) is 1.87. The molecular weight excluding hydrogens is 270 g/mol. The fourth-order valence-corrected chi connectivity index (χ4v) is 1.87. The van der Waals surface area contributed by atoms with E-state index in [2.05, 4.69) is 10.1 Å². The SMILES string of the molecule is COc1ccccc1Cc1nc(C(N)COC(C)C)no1. The summed E-state index contributed by atoms with van der Waals surface area (Å²) >= 11 is 0. The zero-order chi connectivity index (χ0) is 15.2. The number of hydrogen-bond donors (Lipinski definition) is 1. The Morgan fingerprint density at radius 2 is 2.05 bits per heavy atom. The summed E-state index contributed by atoms with van der Waals surface area (Å²) in [4.78, 5) is 4.32. The van der Waals surface area contributed by atoms with Crippen molar-refractivity contribution in [2.24, 2.45) is 5.73 Å². The van der Waals surface area contributed by atoms with Gasteiger partial charge in [-0.15, -0.1) is 0 Å². The van der Waals surface area contributed by atoms with Crippen molar-refractivity contribution in [1.29, 1.82) is 0 Å². The standard InChI is InChI=1S/C15H21N3O3/c1-10(2)20-9-12(16)15-17-14(21-18-15)8-11-6-4-5-7-13(11)19-3/h4-7,10,12H,8-9,16H2,1-3H3. The van der Waals surface area contributed by atoms with Gasteiger partial charge in [-0.25, -0.2) is 0 Å². The third-order valence-corrected chi connectivity index (χ3v) is 2.96. The van der Waals surface area contributed by atoms with Crippen molar-refractivity contribution in [3.05, 3.63) is 41.5 Å². The topological polar surface area (TPSA) is 83.4 Å². The van der Waals surface area contributed by atoms with Crippen LogP contribution in [0.5, 0.6) is 5.75 Å². The van der Waals surface area contributed by atoms with Crippen molar-refractivity contribution >= 4 is 0 Å². The molecule has 114 valence electrons. The molecule has 0 aliphatic rings. The summed E-state index contributed by atoms with van der Waals surface area (Å²) in [5, 5.41) is 3.91. The van der Waals surface area contributed by atoms with Crippen molar-refractivity contribution in [2.75, 3.05) is 13.7 Å². The van der Waals surface area contributed by atoms with Crippen LogP contribution in [-0.4, -0.2) is 30.0 Å². The second kappa shape index (κ2) is 7.19. The van der Waals surface area contributed by atoms with Crippen molar-refractivity contribution in [3.63, 3.8) is 0 Å². The molecule has 2 N–H and O–H groups in total. The quantitative estimate of drug-likeness (QED) is 0.841. The van der Waals surface area contributed by atoms with E-state index < -0.39 is 0 Å². The number of ether oxygens (including phenoxy) is 2. The zero-order valence-corrected chi connectivity index (χ0v) is 12.6.